The fourth-order valence-electron chi connectivity index (χ4n) is 2.79. The molecular formula is C15H16FN3O2. The van der Waals surface area contributed by atoms with Gasteiger partial charge in [-0.3, -0.25) is 9.59 Å². The Labute approximate surface area is 121 Å². The summed E-state index contributed by atoms with van der Waals surface area (Å²) >= 11 is 0. The number of halogens is 1. The van der Waals surface area contributed by atoms with Crippen LogP contribution in [0.3, 0.4) is 0 Å². The molecule has 6 heteroatoms. The molecule has 0 radical (unpaired) electrons. The van der Waals surface area contributed by atoms with E-state index in [2.05, 4.69) is 15.6 Å². The topological polar surface area (TPSA) is 70.6 Å². The number of amidine groups is 1. The van der Waals surface area contributed by atoms with Gasteiger partial charge in [0.05, 0.1) is 0 Å². The van der Waals surface area contributed by atoms with E-state index in [1.165, 1.54) is 18.2 Å². The maximum atomic E-state index is 13.8. The molecule has 2 aliphatic heterocycles. The quantitative estimate of drug-likeness (QED) is 0.797. The molecule has 0 bridgehead atoms. The van der Waals surface area contributed by atoms with Gasteiger partial charge in [0.2, 0.25) is 5.91 Å². The average Bonchev–Trinajstić information content (AvgIpc) is 2.49. The van der Waals surface area contributed by atoms with Crippen molar-refractivity contribution in [3.63, 3.8) is 0 Å². The van der Waals surface area contributed by atoms with Gasteiger partial charge < -0.3 is 10.6 Å². The minimum absolute atomic E-state index is 0.0770. The zero-order valence-corrected chi connectivity index (χ0v) is 11.4. The van der Waals surface area contributed by atoms with E-state index >= 15 is 0 Å². The molecule has 3 rings (SSSR count). The fourth-order valence-corrected chi connectivity index (χ4v) is 2.79. The minimum Gasteiger partial charge on any atom is -0.317 e. The predicted molar refractivity (Wildman–Crippen MR) is 75.3 cm³/mol. The van der Waals surface area contributed by atoms with Gasteiger partial charge in [0, 0.05) is 11.5 Å². The number of aliphatic imine (C=N–C) groups is 1. The normalized spacial score (nSPS) is 23.7. The highest BCUT2D eigenvalue weighted by atomic mass is 19.1. The van der Waals surface area contributed by atoms with E-state index in [9.17, 15) is 14.0 Å². The lowest BCUT2D eigenvalue weighted by Crippen LogP contribution is -2.47. The van der Waals surface area contributed by atoms with Crippen molar-refractivity contribution < 1.29 is 14.0 Å². The van der Waals surface area contributed by atoms with Crippen molar-refractivity contribution in [2.24, 2.45) is 10.9 Å². The van der Waals surface area contributed by atoms with Crippen molar-refractivity contribution in [3.8, 4) is 0 Å². The number of hydrogen-bond donors (Lipinski definition) is 2. The molecule has 0 aliphatic carbocycles. The fraction of sp³-hybridized carbons (Fsp3) is 0.400. The second-order valence-corrected chi connectivity index (χ2v) is 5.30. The Morgan fingerprint density at radius 1 is 1.14 bits per heavy atom. The van der Waals surface area contributed by atoms with Crippen LogP contribution in [-0.4, -0.2) is 30.7 Å². The van der Waals surface area contributed by atoms with Crippen LogP contribution < -0.4 is 10.6 Å². The highest BCUT2D eigenvalue weighted by Gasteiger charge is 2.37. The molecule has 0 spiro atoms. The highest BCUT2D eigenvalue weighted by molar-refractivity contribution is 6.19. The number of carbonyl (C=O) groups excluding carboxylic acids is 2. The second-order valence-electron chi connectivity index (χ2n) is 5.30. The SMILES string of the molecule is O=C1N=C(C2CCNCC2)NC(=O)C1c1ccccc1F. The Balaban J connectivity index is 1.87. The first-order chi connectivity index (χ1) is 10.2. The summed E-state index contributed by atoms with van der Waals surface area (Å²) in [6, 6.07) is 5.81. The summed E-state index contributed by atoms with van der Waals surface area (Å²) < 4.78 is 13.8. The van der Waals surface area contributed by atoms with Crippen molar-refractivity contribution in [2.75, 3.05) is 13.1 Å². The number of nitrogens with one attached hydrogen (secondary N) is 2. The zero-order valence-electron chi connectivity index (χ0n) is 11.4. The first kappa shape index (κ1) is 13.9. The summed E-state index contributed by atoms with van der Waals surface area (Å²) in [6.45, 7) is 1.68. The second kappa shape index (κ2) is 5.73. The monoisotopic (exact) mass is 289 g/mol. The van der Waals surface area contributed by atoms with E-state index < -0.39 is 23.5 Å². The molecule has 1 unspecified atom stereocenters. The van der Waals surface area contributed by atoms with Crippen LogP contribution in [0.15, 0.2) is 29.3 Å². The molecule has 2 amide bonds. The molecule has 2 heterocycles. The van der Waals surface area contributed by atoms with Gasteiger partial charge >= 0.3 is 0 Å². The van der Waals surface area contributed by atoms with Crippen LogP contribution in [0.5, 0.6) is 0 Å². The lowest BCUT2D eigenvalue weighted by Gasteiger charge is -2.28. The van der Waals surface area contributed by atoms with E-state index in [0.29, 0.717) is 5.84 Å². The molecule has 21 heavy (non-hydrogen) atoms. The Kier molecular flexibility index (Phi) is 3.79. The molecule has 0 aromatic heterocycles. The largest absolute Gasteiger partial charge is 0.317 e. The van der Waals surface area contributed by atoms with E-state index in [1.54, 1.807) is 6.07 Å². The van der Waals surface area contributed by atoms with Gasteiger partial charge in [0.15, 0.2) is 0 Å². The zero-order chi connectivity index (χ0) is 14.8. The molecule has 110 valence electrons. The van der Waals surface area contributed by atoms with E-state index in [0.717, 1.165) is 25.9 Å². The lowest BCUT2D eigenvalue weighted by molar-refractivity contribution is -0.130. The molecule has 2 N–H and O–H groups in total. The van der Waals surface area contributed by atoms with Gasteiger partial charge in [-0.2, -0.15) is 4.99 Å². The van der Waals surface area contributed by atoms with E-state index in [-0.39, 0.29) is 11.5 Å². The van der Waals surface area contributed by atoms with Crippen molar-refractivity contribution in [1.82, 2.24) is 10.6 Å². The Bertz CT molecular complexity index is 609. The van der Waals surface area contributed by atoms with Crippen LogP contribution in [0.1, 0.15) is 24.3 Å². The number of amides is 2. The van der Waals surface area contributed by atoms with Crippen LogP contribution in [-0.2, 0) is 9.59 Å². The van der Waals surface area contributed by atoms with Crippen molar-refractivity contribution >= 4 is 17.6 Å². The first-order valence-corrected chi connectivity index (χ1v) is 7.05. The summed E-state index contributed by atoms with van der Waals surface area (Å²) in [5, 5.41) is 5.90. The summed E-state index contributed by atoms with van der Waals surface area (Å²) in [5.41, 5.74) is 0.0770. The number of carbonyl (C=O) groups is 2. The van der Waals surface area contributed by atoms with Gasteiger partial charge in [-0.1, -0.05) is 18.2 Å². The van der Waals surface area contributed by atoms with Crippen LogP contribution in [0.4, 0.5) is 4.39 Å². The number of piperidine rings is 1. The number of hydrogen-bond acceptors (Lipinski definition) is 3. The van der Waals surface area contributed by atoms with E-state index in [4.69, 9.17) is 0 Å². The van der Waals surface area contributed by atoms with Crippen molar-refractivity contribution in [3.05, 3.63) is 35.6 Å². The Hall–Kier alpha value is -2.08. The lowest BCUT2D eigenvalue weighted by atomic mass is 9.92. The van der Waals surface area contributed by atoms with Gasteiger partial charge in [-0.05, 0) is 32.0 Å². The third-order valence-electron chi connectivity index (χ3n) is 3.93. The van der Waals surface area contributed by atoms with Gasteiger partial charge in [0.1, 0.15) is 17.6 Å². The molecule has 2 aliphatic rings. The molecule has 1 saturated heterocycles. The van der Waals surface area contributed by atoms with Crippen LogP contribution in [0.25, 0.3) is 0 Å². The third-order valence-corrected chi connectivity index (χ3v) is 3.93. The smallest absolute Gasteiger partial charge is 0.264 e. The molecule has 1 aromatic rings. The van der Waals surface area contributed by atoms with Crippen LogP contribution in [0, 0.1) is 11.7 Å². The number of benzene rings is 1. The molecule has 1 fully saturated rings. The molecule has 1 atom stereocenters. The molecule has 5 nitrogen and oxygen atoms in total. The van der Waals surface area contributed by atoms with Crippen molar-refractivity contribution in [1.29, 1.82) is 0 Å². The average molecular weight is 289 g/mol. The Morgan fingerprint density at radius 2 is 1.86 bits per heavy atom. The van der Waals surface area contributed by atoms with Gasteiger partial charge in [-0.15, -0.1) is 0 Å². The van der Waals surface area contributed by atoms with Crippen LogP contribution >= 0.6 is 0 Å². The predicted octanol–water partition coefficient (Wildman–Crippen LogP) is 0.964. The highest BCUT2D eigenvalue weighted by Crippen LogP contribution is 2.25. The molecule has 0 saturated carbocycles. The summed E-state index contributed by atoms with van der Waals surface area (Å²) in [5.74, 6) is -2.31. The summed E-state index contributed by atoms with van der Waals surface area (Å²) in [7, 11) is 0. The summed E-state index contributed by atoms with van der Waals surface area (Å²) in [6.07, 6.45) is 1.66. The maximum absolute atomic E-state index is 13.8. The summed E-state index contributed by atoms with van der Waals surface area (Å²) in [4.78, 5) is 28.4. The third kappa shape index (κ3) is 2.71. The minimum atomic E-state index is -1.18. The first-order valence-electron chi connectivity index (χ1n) is 7.05. The maximum Gasteiger partial charge on any atom is 0.264 e. The molecular weight excluding hydrogens is 273 g/mol. The van der Waals surface area contributed by atoms with Gasteiger partial charge in [0.25, 0.3) is 5.91 Å². The van der Waals surface area contributed by atoms with Crippen LogP contribution in [0.2, 0.25) is 0 Å². The molecule has 1 aromatic carbocycles. The standard InChI is InChI=1S/C15H16FN3O2/c16-11-4-2-1-3-10(11)12-14(20)18-13(19-15(12)21)9-5-7-17-8-6-9/h1-4,9,12,17H,5-8H2,(H,18,19,20,21). The Morgan fingerprint density at radius 3 is 2.52 bits per heavy atom. The van der Waals surface area contributed by atoms with Crippen molar-refractivity contribution in [2.45, 2.75) is 18.8 Å². The van der Waals surface area contributed by atoms with E-state index in [1.807, 2.05) is 0 Å². The number of nitrogens with zero attached hydrogens (tertiary/aromatic N) is 1. The van der Waals surface area contributed by atoms with Gasteiger partial charge in [-0.25, -0.2) is 4.39 Å². The number of rotatable bonds is 2.